The van der Waals surface area contributed by atoms with Crippen molar-refractivity contribution in [1.29, 1.82) is 0 Å². The van der Waals surface area contributed by atoms with Crippen LogP contribution in [0.25, 0.3) is 22.0 Å². The number of aryl methyl sites for hydroxylation is 1. The van der Waals surface area contributed by atoms with Gasteiger partial charge in [0.05, 0.1) is 37.4 Å². The highest BCUT2D eigenvalue weighted by molar-refractivity contribution is 6.02. The Balaban J connectivity index is 1.73. The summed E-state index contributed by atoms with van der Waals surface area (Å²) in [6, 6.07) is 0.896. The molecule has 0 radical (unpaired) electrons. The number of carbonyl (C=O) groups excluding carboxylic acids is 1. The molecule has 1 aromatic carbocycles. The first-order valence-electron chi connectivity index (χ1n) is 12.0. The summed E-state index contributed by atoms with van der Waals surface area (Å²) in [5.41, 5.74) is 8.05. The first-order chi connectivity index (χ1) is 18.8. The van der Waals surface area contributed by atoms with Crippen molar-refractivity contribution >= 4 is 22.6 Å². The number of nitrogens with two attached hydrogens (primary N) is 1. The highest BCUT2D eigenvalue weighted by Gasteiger charge is 2.30. The standard InChI is InChI=1S/C27H25F2N7O3/c1-5-22(37)35-9-8-16(14-35)36-26-18(15-11-32-34(2)13-15)12-31-27(30)23(26)19(33-36)7-6-17-24(28)20(38-3)10-21(39-4)25(17)29/h5,10-13,16H,1,8-9,14H2,2-4H3,(H2,30,31)/t16-/m0/s1. The van der Waals surface area contributed by atoms with Gasteiger partial charge < -0.3 is 20.1 Å². The average Bonchev–Trinajstić information content (AvgIpc) is 3.68. The van der Waals surface area contributed by atoms with Crippen LogP contribution in [0.1, 0.15) is 23.7 Å². The summed E-state index contributed by atoms with van der Waals surface area (Å²) in [5.74, 6) is 2.94. The van der Waals surface area contributed by atoms with Gasteiger partial charge in [-0.25, -0.2) is 13.8 Å². The van der Waals surface area contributed by atoms with E-state index in [0.29, 0.717) is 36.0 Å². The number of halogens is 2. The van der Waals surface area contributed by atoms with E-state index in [1.807, 2.05) is 6.20 Å². The van der Waals surface area contributed by atoms with Crippen molar-refractivity contribution in [2.45, 2.75) is 12.5 Å². The van der Waals surface area contributed by atoms with Gasteiger partial charge in [-0.1, -0.05) is 12.5 Å². The Labute approximate surface area is 222 Å². The van der Waals surface area contributed by atoms with Gasteiger partial charge >= 0.3 is 0 Å². The third-order valence-electron chi connectivity index (χ3n) is 6.65. The molecule has 0 unspecified atom stereocenters. The van der Waals surface area contributed by atoms with Gasteiger partial charge in [0.25, 0.3) is 0 Å². The molecule has 1 aliphatic rings. The fourth-order valence-corrected chi connectivity index (χ4v) is 4.71. The zero-order valence-electron chi connectivity index (χ0n) is 21.5. The normalized spacial score (nSPS) is 14.8. The van der Waals surface area contributed by atoms with Crippen LogP contribution in [-0.4, -0.2) is 62.7 Å². The fourth-order valence-electron chi connectivity index (χ4n) is 4.71. The van der Waals surface area contributed by atoms with Crippen LogP contribution in [0.3, 0.4) is 0 Å². The number of anilines is 1. The molecule has 0 aliphatic carbocycles. The second kappa shape index (κ2) is 10.1. The molecule has 10 nitrogen and oxygen atoms in total. The molecule has 1 aliphatic heterocycles. The number of likely N-dealkylation sites (tertiary alicyclic amines) is 1. The minimum Gasteiger partial charge on any atom is -0.493 e. The van der Waals surface area contributed by atoms with Crippen molar-refractivity contribution in [1.82, 2.24) is 29.4 Å². The maximum absolute atomic E-state index is 15.0. The Morgan fingerprint density at radius 1 is 1.21 bits per heavy atom. The average molecular weight is 534 g/mol. The maximum atomic E-state index is 15.0. The molecule has 4 aromatic rings. The van der Waals surface area contributed by atoms with E-state index in [1.165, 1.54) is 20.3 Å². The summed E-state index contributed by atoms with van der Waals surface area (Å²) >= 11 is 0. The second-order valence-electron chi connectivity index (χ2n) is 8.94. The van der Waals surface area contributed by atoms with E-state index in [4.69, 9.17) is 20.3 Å². The molecule has 1 amide bonds. The lowest BCUT2D eigenvalue weighted by Crippen LogP contribution is -2.27. The molecule has 0 spiro atoms. The van der Waals surface area contributed by atoms with E-state index in [2.05, 4.69) is 28.5 Å². The Kier molecular flexibility index (Phi) is 6.66. The number of hydrogen-bond acceptors (Lipinski definition) is 7. The monoisotopic (exact) mass is 533 g/mol. The van der Waals surface area contributed by atoms with Crippen LogP contribution in [0, 0.1) is 23.5 Å². The lowest BCUT2D eigenvalue weighted by molar-refractivity contribution is -0.125. The highest BCUT2D eigenvalue weighted by atomic mass is 19.1. The molecular weight excluding hydrogens is 508 g/mol. The van der Waals surface area contributed by atoms with Gasteiger partial charge in [-0.3, -0.25) is 14.2 Å². The van der Waals surface area contributed by atoms with Crippen LogP contribution in [0.15, 0.2) is 37.3 Å². The Hall–Kier alpha value is -4.92. The lowest BCUT2D eigenvalue weighted by atomic mass is 10.1. The number of pyridine rings is 1. The summed E-state index contributed by atoms with van der Waals surface area (Å²) < 4.78 is 43.4. The number of hydrogen-bond donors (Lipinski definition) is 1. The van der Waals surface area contributed by atoms with E-state index >= 15 is 0 Å². The van der Waals surface area contributed by atoms with Gasteiger partial charge in [-0.05, 0) is 18.4 Å². The lowest BCUT2D eigenvalue weighted by Gasteiger charge is -2.16. The van der Waals surface area contributed by atoms with Crippen LogP contribution in [-0.2, 0) is 11.8 Å². The Morgan fingerprint density at radius 3 is 2.54 bits per heavy atom. The molecule has 1 atom stereocenters. The van der Waals surface area contributed by atoms with Crippen molar-refractivity contribution < 1.29 is 23.0 Å². The first-order valence-corrected chi connectivity index (χ1v) is 12.0. The number of nitrogen functional groups attached to an aromatic ring is 1. The molecule has 39 heavy (non-hydrogen) atoms. The van der Waals surface area contributed by atoms with Gasteiger partial charge in [-0.2, -0.15) is 10.2 Å². The smallest absolute Gasteiger partial charge is 0.246 e. The van der Waals surface area contributed by atoms with Crippen LogP contribution in [0.5, 0.6) is 11.5 Å². The van der Waals surface area contributed by atoms with Crippen molar-refractivity contribution in [3.05, 3.63) is 60.2 Å². The zero-order chi connectivity index (χ0) is 27.8. The second-order valence-corrected chi connectivity index (χ2v) is 8.94. The van der Waals surface area contributed by atoms with E-state index in [0.717, 1.165) is 11.6 Å². The molecule has 1 saturated heterocycles. The van der Waals surface area contributed by atoms with Gasteiger partial charge in [0, 0.05) is 49.7 Å². The topological polar surface area (TPSA) is 113 Å². The molecule has 200 valence electrons. The number of rotatable bonds is 5. The Morgan fingerprint density at radius 2 is 1.92 bits per heavy atom. The number of fused-ring (bicyclic) bond motifs is 1. The highest BCUT2D eigenvalue weighted by Crippen LogP contribution is 2.36. The number of nitrogens with zero attached hydrogens (tertiary/aromatic N) is 6. The van der Waals surface area contributed by atoms with Crippen LogP contribution < -0.4 is 15.2 Å². The number of benzene rings is 1. The molecule has 0 saturated carbocycles. The van der Waals surface area contributed by atoms with E-state index in [-0.39, 0.29) is 35.0 Å². The van der Waals surface area contributed by atoms with Gasteiger partial charge in [-0.15, -0.1) is 0 Å². The largest absolute Gasteiger partial charge is 0.493 e. The SMILES string of the molecule is C=CC(=O)N1CC[C@H](n2nc(C#Cc3c(F)c(OC)cc(OC)c3F)c3c(N)ncc(-c4cnn(C)c4)c32)C1. The van der Waals surface area contributed by atoms with Crippen LogP contribution >= 0.6 is 0 Å². The molecule has 5 rings (SSSR count). The third-order valence-corrected chi connectivity index (χ3v) is 6.65. The van der Waals surface area contributed by atoms with Crippen LogP contribution in [0.4, 0.5) is 14.6 Å². The zero-order valence-corrected chi connectivity index (χ0v) is 21.5. The Bertz CT molecular complexity index is 1650. The molecule has 12 heteroatoms. The van der Waals surface area contributed by atoms with E-state index in [9.17, 15) is 13.6 Å². The van der Waals surface area contributed by atoms with Crippen molar-refractivity contribution in [3.63, 3.8) is 0 Å². The van der Waals surface area contributed by atoms with Gasteiger partial charge in [0.2, 0.25) is 5.91 Å². The molecule has 1 fully saturated rings. The predicted octanol–water partition coefficient (Wildman–Crippen LogP) is 3.07. The molecule has 4 heterocycles. The summed E-state index contributed by atoms with van der Waals surface area (Å²) in [7, 11) is 4.31. The molecular formula is C27H25F2N7O3. The molecule has 0 bridgehead atoms. The maximum Gasteiger partial charge on any atom is 0.246 e. The van der Waals surface area contributed by atoms with E-state index in [1.54, 1.807) is 33.7 Å². The predicted molar refractivity (Wildman–Crippen MR) is 140 cm³/mol. The summed E-state index contributed by atoms with van der Waals surface area (Å²) in [6.07, 6.45) is 7.02. The van der Waals surface area contributed by atoms with Crippen molar-refractivity contribution in [3.8, 4) is 34.5 Å². The number of carbonyl (C=O) groups is 1. The summed E-state index contributed by atoms with van der Waals surface area (Å²) in [6.45, 7) is 4.47. The summed E-state index contributed by atoms with van der Waals surface area (Å²) in [4.78, 5) is 18.3. The number of ether oxygens (including phenoxy) is 2. The van der Waals surface area contributed by atoms with Crippen molar-refractivity contribution in [2.75, 3.05) is 33.0 Å². The van der Waals surface area contributed by atoms with E-state index < -0.39 is 17.2 Å². The number of aromatic nitrogens is 5. The van der Waals surface area contributed by atoms with Crippen molar-refractivity contribution in [2.24, 2.45) is 7.05 Å². The number of amides is 1. The molecule has 3 aromatic heterocycles. The van der Waals surface area contributed by atoms with Crippen LogP contribution in [0.2, 0.25) is 0 Å². The first kappa shape index (κ1) is 25.7. The summed E-state index contributed by atoms with van der Waals surface area (Å²) in [5, 5.41) is 9.41. The van der Waals surface area contributed by atoms with Gasteiger partial charge in [0.15, 0.2) is 23.1 Å². The fraction of sp³-hybridized carbons (Fsp3) is 0.259. The molecule has 2 N–H and O–H groups in total. The quantitative estimate of drug-likeness (QED) is 0.310. The number of methoxy groups -OCH3 is 2. The third kappa shape index (κ3) is 4.41. The minimum atomic E-state index is -0.969. The van der Waals surface area contributed by atoms with Gasteiger partial charge in [0.1, 0.15) is 17.1 Å². The minimum absolute atomic E-state index is 0.148.